The Kier molecular flexibility index (Phi) is 5.75. The van der Waals surface area contributed by atoms with E-state index in [-0.39, 0.29) is 17.4 Å². The summed E-state index contributed by atoms with van der Waals surface area (Å²) in [5.74, 6) is 1.08. The van der Waals surface area contributed by atoms with E-state index >= 15 is 0 Å². The highest BCUT2D eigenvalue weighted by Gasteiger charge is 2.37. The number of nitrogens with zero attached hydrogens (tertiary/aromatic N) is 1. The average molecular weight is 419 g/mol. The molecule has 7 nitrogen and oxygen atoms in total. The van der Waals surface area contributed by atoms with Crippen molar-refractivity contribution in [1.29, 1.82) is 0 Å². The molecule has 0 saturated carbocycles. The minimum absolute atomic E-state index is 0.0479. The normalized spacial score (nSPS) is 15.9. The second-order valence-corrected chi connectivity index (χ2v) is 9.28. The van der Waals surface area contributed by atoms with Gasteiger partial charge in [-0.1, -0.05) is 6.92 Å². The summed E-state index contributed by atoms with van der Waals surface area (Å²) in [6.45, 7) is 6.46. The fraction of sp³-hybridized carbons (Fsp3) is 0.381. The van der Waals surface area contributed by atoms with E-state index in [1.807, 2.05) is 20.8 Å². The van der Waals surface area contributed by atoms with Crippen LogP contribution in [0.4, 0.5) is 11.4 Å². The lowest BCUT2D eigenvalue weighted by atomic mass is 9.93. The second kappa shape index (κ2) is 7.94. The van der Waals surface area contributed by atoms with Crippen molar-refractivity contribution >= 4 is 27.3 Å². The zero-order valence-corrected chi connectivity index (χ0v) is 17.9. The monoisotopic (exact) mass is 418 g/mol. The zero-order valence-electron chi connectivity index (χ0n) is 17.1. The first-order valence-electron chi connectivity index (χ1n) is 9.43. The number of nitrogens with one attached hydrogen (secondary N) is 1. The minimum atomic E-state index is -3.79. The van der Waals surface area contributed by atoms with Gasteiger partial charge in [-0.05, 0) is 62.7 Å². The minimum Gasteiger partial charge on any atom is -0.497 e. The largest absolute Gasteiger partial charge is 0.497 e. The number of sulfonamides is 1. The van der Waals surface area contributed by atoms with Gasteiger partial charge in [0, 0.05) is 6.54 Å². The summed E-state index contributed by atoms with van der Waals surface area (Å²) < 4.78 is 39.0. The van der Waals surface area contributed by atoms with Crippen LogP contribution in [0, 0.1) is 5.41 Å². The van der Waals surface area contributed by atoms with Crippen LogP contribution in [0.5, 0.6) is 11.5 Å². The zero-order chi connectivity index (χ0) is 21.2. The molecule has 0 aliphatic carbocycles. The van der Waals surface area contributed by atoms with Gasteiger partial charge in [-0.3, -0.25) is 9.52 Å². The van der Waals surface area contributed by atoms with Gasteiger partial charge in [-0.2, -0.15) is 0 Å². The molecule has 0 radical (unpaired) electrons. The Morgan fingerprint density at radius 3 is 2.48 bits per heavy atom. The number of ether oxygens (including phenoxy) is 2. The molecule has 29 heavy (non-hydrogen) atoms. The Labute approximate surface area is 171 Å². The van der Waals surface area contributed by atoms with Gasteiger partial charge in [-0.15, -0.1) is 0 Å². The third-order valence-electron chi connectivity index (χ3n) is 4.73. The topological polar surface area (TPSA) is 84.9 Å². The maximum absolute atomic E-state index is 13.0. The summed E-state index contributed by atoms with van der Waals surface area (Å²) in [6.07, 6.45) is 0.767. The van der Waals surface area contributed by atoms with Crippen molar-refractivity contribution in [3.63, 3.8) is 0 Å². The quantitative estimate of drug-likeness (QED) is 0.774. The van der Waals surface area contributed by atoms with Gasteiger partial charge < -0.3 is 14.4 Å². The summed E-state index contributed by atoms with van der Waals surface area (Å²) in [6, 6.07) is 11.1. The molecule has 0 spiro atoms. The molecule has 0 saturated heterocycles. The number of carbonyl (C=O) groups excluding carboxylic acids is 1. The molecule has 0 bridgehead atoms. The van der Waals surface area contributed by atoms with Crippen molar-refractivity contribution in [2.45, 2.75) is 32.1 Å². The molecule has 1 amide bonds. The number of anilines is 2. The molecule has 2 aromatic rings. The first kappa shape index (κ1) is 21.0. The molecule has 3 rings (SSSR count). The SMILES string of the molecule is CCCN1C(=O)C(C)(C)COc2ccc(NS(=O)(=O)c3ccc(OC)cc3)cc21. The Hall–Kier alpha value is -2.74. The van der Waals surface area contributed by atoms with Crippen LogP contribution in [0.25, 0.3) is 0 Å². The first-order valence-corrected chi connectivity index (χ1v) is 10.9. The summed E-state index contributed by atoms with van der Waals surface area (Å²) in [5, 5.41) is 0. The van der Waals surface area contributed by atoms with Crippen LogP contribution in [0.15, 0.2) is 47.4 Å². The molecule has 1 aliphatic heterocycles. The first-order chi connectivity index (χ1) is 13.7. The van der Waals surface area contributed by atoms with Gasteiger partial charge in [0.25, 0.3) is 10.0 Å². The van der Waals surface area contributed by atoms with Crippen molar-refractivity contribution in [1.82, 2.24) is 0 Å². The molecule has 0 atom stereocenters. The molecule has 2 aromatic carbocycles. The van der Waals surface area contributed by atoms with E-state index in [4.69, 9.17) is 9.47 Å². The third kappa shape index (κ3) is 4.32. The van der Waals surface area contributed by atoms with E-state index in [1.165, 1.54) is 19.2 Å². The van der Waals surface area contributed by atoms with Crippen LogP contribution in [0.1, 0.15) is 27.2 Å². The summed E-state index contributed by atoms with van der Waals surface area (Å²) >= 11 is 0. The van der Waals surface area contributed by atoms with Crippen molar-refractivity contribution in [2.75, 3.05) is 29.9 Å². The maximum atomic E-state index is 13.0. The molecule has 8 heteroatoms. The second-order valence-electron chi connectivity index (χ2n) is 7.59. The fourth-order valence-corrected chi connectivity index (χ4v) is 4.17. The predicted molar refractivity (Wildman–Crippen MR) is 112 cm³/mol. The van der Waals surface area contributed by atoms with E-state index in [0.717, 1.165) is 6.42 Å². The van der Waals surface area contributed by atoms with Gasteiger partial charge in [0.2, 0.25) is 5.91 Å². The van der Waals surface area contributed by atoms with Crippen molar-refractivity contribution in [2.24, 2.45) is 5.41 Å². The van der Waals surface area contributed by atoms with Gasteiger partial charge >= 0.3 is 0 Å². The number of fused-ring (bicyclic) bond motifs is 1. The molecule has 0 aromatic heterocycles. The van der Waals surface area contributed by atoms with E-state index in [2.05, 4.69) is 4.72 Å². The van der Waals surface area contributed by atoms with Gasteiger partial charge in [0.1, 0.15) is 18.1 Å². The van der Waals surface area contributed by atoms with E-state index < -0.39 is 15.4 Å². The molecule has 0 unspecified atom stereocenters. The Morgan fingerprint density at radius 1 is 1.17 bits per heavy atom. The van der Waals surface area contributed by atoms with Crippen molar-refractivity contribution in [3.05, 3.63) is 42.5 Å². The maximum Gasteiger partial charge on any atom is 0.261 e. The molecule has 1 aliphatic rings. The smallest absolute Gasteiger partial charge is 0.261 e. The van der Waals surface area contributed by atoms with Crippen LogP contribution in [0.3, 0.4) is 0 Å². The Bertz CT molecular complexity index is 1000. The van der Waals surface area contributed by atoms with Crippen LogP contribution in [-0.4, -0.2) is 34.6 Å². The van der Waals surface area contributed by atoms with Crippen LogP contribution in [-0.2, 0) is 14.8 Å². The fourth-order valence-electron chi connectivity index (χ4n) is 3.12. The van der Waals surface area contributed by atoms with E-state index in [1.54, 1.807) is 35.2 Å². The Morgan fingerprint density at radius 2 is 1.86 bits per heavy atom. The molecular formula is C21H26N2O5S. The van der Waals surface area contributed by atoms with Crippen molar-refractivity contribution in [3.8, 4) is 11.5 Å². The number of hydrogen-bond acceptors (Lipinski definition) is 5. The summed E-state index contributed by atoms with van der Waals surface area (Å²) in [7, 11) is -2.27. The van der Waals surface area contributed by atoms with Crippen LogP contribution >= 0.6 is 0 Å². The standard InChI is InChI=1S/C21H26N2O5S/c1-5-12-23-18-13-15(6-11-19(18)28-14-21(2,3)20(23)24)22-29(25,26)17-9-7-16(27-4)8-10-17/h6-11,13,22H,5,12,14H2,1-4H3. The van der Waals surface area contributed by atoms with E-state index in [9.17, 15) is 13.2 Å². The van der Waals surface area contributed by atoms with Crippen LogP contribution in [0.2, 0.25) is 0 Å². The highest BCUT2D eigenvalue weighted by atomic mass is 32.2. The third-order valence-corrected chi connectivity index (χ3v) is 6.13. The highest BCUT2D eigenvalue weighted by Crippen LogP contribution is 2.38. The molecular weight excluding hydrogens is 392 g/mol. The van der Waals surface area contributed by atoms with Crippen LogP contribution < -0.4 is 19.1 Å². The Balaban J connectivity index is 1.95. The number of benzene rings is 2. The van der Waals surface area contributed by atoms with Gasteiger partial charge in [0.05, 0.1) is 28.8 Å². The number of methoxy groups -OCH3 is 1. The molecule has 156 valence electrons. The number of hydrogen-bond donors (Lipinski definition) is 1. The molecule has 1 N–H and O–H groups in total. The average Bonchev–Trinajstić information content (AvgIpc) is 2.78. The number of amides is 1. The number of carbonyl (C=O) groups is 1. The summed E-state index contributed by atoms with van der Waals surface area (Å²) in [5.41, 5.74) is 0.255. The summed E-state index contributed by atoms with van der Waals surface area (Å²) in [4.78, 5) is 14.8. The highest BCUT2D eigenvalue weighted by molar-refractivity contribution is 7.92. The predicted octanol–water partition coefficient (Wildman–Crippen LogP) is 3.66. The lowest BCUT2D eigenvalue weighted by molar-refractivity contribution is -0.127. The van der Waals surface area contributed by atoms with E-state index in [0.29, 0.717) is 29.4 Å². The van der Waals surface area contributed by atoms with Crippen molar-refractivity contribution < 1.29 is 22.7 Å². The molecule has 0 fully saturated rings. The number of rotatable bonds is 6. The molecule has 1 heterocycles. The lowest BCUT2D eigenvalue weighted by Crippen LogP contribution is -2.42. The van der Waals surface area contributed by atoms with Gasteiger partial charge in [0.15, 0.2) is 0 Å². The van der Waals surface area contributed by atoms with Gasteiger partial charge in [-0.25, -0.2) is 8.42 Å². The lowest BCUT2D eigenvalue weighted by Gasteiger charge is -2.28.